The molecule has 0 bridgehead atoms. The van der Waals surface area contributed by atoms with Gasteiger partial charge >= 0.3 is 0 Å². The molecule has 1 aromatic carbocycles. The molecule has 2 aromatic heterocycles. The van der Waals surface area contributed by atoms with Crippen LogP contribution in [0.1, 0.15) is 22.5 Å². The first-order valence-corrected chi connectivity index (χ1v) is 9.10. The summed E-state index contributed by atoms with van der Waals surface area (Å²) in [5, 5.41) is 8.16. The van der Waals surface area contributed by atoms with E-state index < -0.39 is 0 Å². The zero-order valence-corrected chi connectivity index (χ0v) is 16.1. The van der Waals surface area contributed by atoms with E-state index in [9.17, 15) is 4.79 Å². The maximum absolute atomic E-state index is 12.0. The van der Waals surface area contributed by atoms with Crippen molar-refractivity contribution in [3.63, 3.8) is 0 Å². The van der Waals surface area contributed by atoms with Crippen LogP contribution in [0.4, 0.5) is 0 Å². The van der Waals surface area contributed by atoms with E-state index in [0.717, 1.165) is 28.3 Å². The third-order valence-corrected chi connectivity index (χ3v) is 4.53. The van der Waals surface area contributed by atoms with Crippen molar-refractivity contribution < 1.29 is 4.79 Å². The second kappa shape index (κ2) is 8.64. The molecule has 3 rings (SSSR count). The Kier molecular flexibility index (Phi) is 6.04. The van der Waals surface area contributed by atoms with Crippen molar-refractivity contribution in [2.75, 3.05) is 6.54 Å². The van der Waals surface area contributed by atoms with Crippen LogP contribution in [0.15, 0.2) is 54.7 Å². The predicted octanol–water partition coefficient (Wildman–Crippen LogP) is 3.91. The highest BCUT2D eigenvalue weighted by Gasteiger charge is 2.13. The summed E-state index contributed by atoms with van der Waals surface area (Å²) in [5.74, 6) is 0.664. The highest BCUT2D eigenvalue weighted by molar-refractivity contribution is 6.30. The number of aromatic nitrogens is 3. The highest BCUT2D eigenvalue weighted by Crippen LogP contribution is 2.17. The van der Waals surface area contributed by atoms with Crippen LogP contribution in [0, 0.1) is 13.8 Å². The molecule has 0 aliphatic rings. The fraction of sp³-hybridized carbons (Fsp3) is 0.190. The summed E-state index contributed by atoms with van der Waals surface area (Å²) in [4.78, 5) is 16.4. The molecule has 0 aliphatic heterocycles. The van der Waals surface area contributed by atoms with Crippen LogP contribution in [-0.4, -0.2) is 27.2 Å². The molecule has 0 atom stereocenters. The smallest absolute Gasteiger partial charge is 0.244 e. The number of carbonyl (C=O) groups is 1. The SMILES string of the molecule is Cc1nn(-c2ccccn2)c(C)c1CCNC(=O)C=Cc1ccc(Cl)cc1. The normalized spacial score (nSPS) is 11.1. The highest BCUT2D eigenvalue weighted by atomic mass is 35.5. The molecule has 0 saturated heterocycles. The number of benzene rings is 1. The fourth-order valence-corrected chi connectivity index (χ4v) is 2.98. The summed E-state index contributed by atoms with van der Waals surface area (Å²) in [7, 11) is 0. The minimum atomic E-state index is -0.127. The molecule has 27 heavy (non-hydrogen) atoms. The predicted molar refractivity (Wildman–Crippen MR) is 108 cm³/mol. The molecule has 0 unspecified atom stereocenters. The molecule has 0 radical (unpaired) electrons. The van der Waals surface area contributed by atoms with Gasteiger partial charge in [0.15, 0.2) is 5.82 Å². The first-order valence-electron chi connectivity index (χ1n) is 8.72. The average Bonchev–Trinajstić information content (AvgIpc) is 2.96. The first-order chi connectivity index (χ1) is 13.0. The molecule has 3 aromatic rings. The van der Waals surface area contributed by atoms with Gasteiger partial charge in [-0.2, -0.15) is 5.10 Å². The van der Waals surface area contributed by atoms with E-state index in [1.807, 2.05) is 48.9 Å². The molecular weight excluding hydrogens is 360 g/mol. The number of amides is 1. The van der Waals surface area contributed by atoms with Crippen molar-refractivity contribution in [2.24, 2.45) is 0 Å². The largest absolute Gasteiger partial charge is 0.352 e. The number of halogens is 1. The molecule has 0 fully saturated rings. The number of hydrogen-bond acceptors (Lipinski definition) is 3. The van der Waals surface area contributed by atoms with Gasteiger partial charge in [0.25, 0.3) is 0 Å². The van der Waals surface area contributed by atoms with Gasteiger partial charge < -0.3 is 5.32 Å². The summed E-state index contributed by atoms with van der Waals surface area (Å²) in [6, 6.07) is 13.1. The molecule has 0 saturated carbocycles. The quantitative estimate of drug-likeness (QED) is 0.659. The summed E-state index contributed by atoms with van der Waals surface area (Å²) in [6.45, 7) is 4.54. The molecule has 5 nitrogen and oxygen atoms in total. The van der Waals surface area contributed by atoms with Crippen molar-refractivity contribution >= 4 is 23.6 Å². The van der Waals surface area contributed by atoms with Crippen LogP contribution in [0.2, 0.25) is 5.02 Å². The number of rotatable bonds is 6. The lowest BCUT2D eigenvalue weighted by atomic mass is 10.1. The van der Waals surface area contributed by atoms with Crippen molar-refractivity contribution in [2.45, 2.75) is 20.3 Å². The third-order valence-electron chi connectivity index (χ3n) is 4.28. The van der Waals surface area contributed by atoms with Crippen LogP contribution >= 0.6 is 11.6 Å². The second-order valence-corrected chi connectivity index (χ2v) is 6.61. The van der Waals surface area contributed by atoms with Crippen molar-refractivity contribution in [3.05, 3.63) is 82.3 Å². The standard InChI is InChI=1S/C21H21ClN4O/c1-15-19(16(2)26(25-15)20-5-3-4-13-23-20)12-14-24-21(27)11-8-17-6-9-18(22)10-7-17/h3-11,13H,12,14H2,1-2H3,(H,24,27). The first kappa shape index (κ1) is 18.9. The van der Waals surface area contributed by atoms with Gasteiger partial charge in [0.05, 0.1) is 5.69 Å². The maximum Gasteiger partial charge on any atom is 0.244 e. The number of carbonyl (C=O) groups excluding carboxylic acids is 1. The summed E-state index contributed by atoms with van der Waals surface area (Å²) >= 11 is 5.85. The van der Waals surface area contributed by atoms with Gasteiger partial charge in [-0.3, -0.25) is 4.79 Å². The fourth-order valence-electron chi connectivity index (χ4n) is 2.85. The topological polar surface area (TPSA) is 59.8 Å². The van der Waals surface area contributed by atoms with E-state index in [4.69, 9.17) is 11.6 Å². The molecule has 2 heterocycles. The Balaban J connectivity index is 1.58. The Bertz CT molecular complexity index is 946. The summed E-state index contributed by atoms with van der Waals surface area (Å²) < 4.78 is 1.84. The molecule has 1 amide bonds. The van der Waals surface area contributed by atoms with Crippen molar-refractivity contribution in [1.29, 1.82) is 0 Å². The van der Waals surface area contributed by atoms with E-state index in [0.29, 0.717) is 18.0 Å². The van der Waals surface area contributed by atoms with Gasteiger partial charge in [-0.15, -0.1) is 0 Å². The van der Waals surface area contributed by atoms with Gasteiger partial charge in [0.1, 0.15) is 0 Å². The number of aryl methyl sites for hydroxylation is 1. The number of hydrogen-bond donors (Lipinski definition) is 1. The lowest BCUT2D eigenvalue weighted by molar-refractivity contribution is -0.116. The van der Waals surface area contributed by atoms with Crippen LogP contribution in [0.3, 0.4) is 0 Å². The van der Waals surface area contributed by atoms with E-state index in [1.165, 1.54) is 6.08 Å². The van der Waals surface area contributed by atoms with Gasteiger partial charge in [-0.25, -0.2) is 9.67 Å². The van der Waals surface area contributed by atoms with Crippen LogP contribution < -0.4 is 5.32 Å². The van der Waals surface area contributed by atoms with E-state index in [2.05, 4.69) is 15.4 Å². The Morgan fingerprint density at radius 1 is 1.19 bits per heavy atom. The van der Waals surface area contributed by atoms with Gasteiger partial charge in [0, 0.05) is 29.5 Å². The van der Waals surface area contributed by atoms with Crippen LogP contribution in [-0.2, 0) is 11.2 Å². The molecule has 0 spiro atoms. The lowest BCUT2D eigenvalue weighted by Gasteiger charge is -2.05. The Morgan fingerprint density at radius 2 is 1.96 bits per heavy atom. The average molecular weight is 381 g/mol. The lowest BCUT2D eigenvalue weighted by Crippen LogP contribution is -2.23. The van der Waals surface area contributed by atoms with Gasteiger partial charge in [-0.1, -0.05) is 29.8 Å². The number of nitrogens with one attached hydrogen (secondary N) is 1. The minimum absolute atomic E-state index is 0.127. The number of pyridine rings is 1. The number of nitrogens with zero attached hydrogens (tertiary/aromatic N) is 3. The van der Waals surface area contributed by atoms with Crippen molar-refractivity contribution in [3.8, 4) is 5.82 Å². The Hall–Kier alpha value is -2.92. The van der Waals surface area contributed by atoms with E-state index >= 15 is 0 Å². The molecule has 0 aliphatic carbocycles. The molecular formula is C21H21ClN4O. The van der Waals surface area contributed by atoms with Crippen LogP contribution in [0.25, 0.3) is 11.9 Å². The zero-order chi connectivity index (χ0) is 19.2. The van der Waals surface area contributed by atoms with Gasteiger partial charge in [0.2, 0.25) is 5.91 Å². The second-order valence-electron chi connectivity index (χ2n) is 6.18. The molecule has 1 N–H and O–H groups in total. The third kappa shape index (κ3) is 4.83. The minimum Gasteiger partial charge on any atom is -0.352 e. The zero-order valence-electron chi connectivity index (χ0n) is 15.3. The van der Waals surface area contributed by atoms with E-state index in [-0.39, 0.29) is 5.91 Å². The monoisotopic (exact) mass is 380 g/mol. The van der Waals surface area contributed by atoms with Gasteiger partial charge in [-0.05, 0) is 61.7 Å². The Labute approximate surface area is 163 Å². The molecule has 138 valence electrons. The summed E-state index contributed by atoms with van der Waals surface area (Å²) in [6.07, 6.45) is 5.76. The van der Waals surface area contributed by atoms with E-state index in [1.54, 1.807) is 24.4 Å². The van der Waals surface area contributed by atoms with Crippen molar-refractivity contribution in [1.82, 2.24) is 20.1 Å². The maximum atomic E-state index is 12.0. The molecule has 6 heteroatoms. The van der Waals surface area contributed by atoms with Crippen LogP contribution in [0.5, 0.6) is 0 Å². The Morgan fingerprint density at radius 3 is 2.67 bits per heavy atom. The summed E-state index contributed by atoms with van der Waals surface area (Å²) in [5.41, 5.74) is 4.04.